The van der Waals surface area contributed by atoms with Gasteiger partial charge in [-0.2, -0.15) is 0 Å². The summed E-state index contributed by atoms with van der Waals surface area (Å²) < 4.78 is 0. The first-order chi connectivity index (χ1) is 9.47. The minimum Gasteiger partial charge on any atom is -0.301 e. The Morgan fingerprint density at radius 2 is 1.95 bits per heavy atom. The second-order valence-corrected chi connectivity index (χ2v) is 6.72. The average molecular weight is 273 g/mol. The first-order valence-electron chi connectivity index (χ1n) is 7.73. The highest BCUT2D eigenvalue weighted by molar-refractivity contribution is 5.82. The first-order valence-corrected chi connectivity index (χ1v) is 7.73. The molecule has 1 saturated carbocycles. The Bertz CT molecular complexity index is 468. The van der Waals surface area contributed by atoms with E-state index in [1.54, 1.807) is 0 Å². The van der Waals surface area contributed by atoms with Crippen molar-refractivity contribution in [3.05, 3.63) is 35.4 Å². The van der Waals surface area contributed by atoms with Gasteiger partial charge in [0.15, 0.2) is 0 Å². The number of hydrogen-bond acceptors (Lipinski definition) is 2. The molecule has 110 valence electrons. The molecule has 0 heterocycles. The van der Waals surface area contributed by atoms with Crippen LogP contribution < -0.4 is 0 Å². The third-order valence-electron chi connectivity index (χ3n) is 4.63. The average Bonchev–Trinajstić information content (AvgIpc) is 2.36. The van der Waals surface area contributed by atoms with Crippen molar-refractivity contribution in [3.63, 3.8) is 0 Å². The molecule has 0 radical (unpaired) electrons. The van der Waals surface area contributed by atoms with Crippen LogP contribution in [0.5, 0.6) is 0 Å². The summed E-state index contributed by atoms with van der Waals surface area (Å²) >= 11 is 0. The van der Waals surface area contributed by atoms with Crippen LogP contribution in [-0.4, -0.2) is 24.3 Å². The van der Waals surface area contributed by atoms with Gasteiger partial charge in [-0.3, -0.25) is 4.79 Å². The van der Waals surface area contributed by atoms with Crippen molar-refractivity contribution >= 4 is 5.78 Å². The topological polar surface area (TPSA) is 20.3 Å². The van der Waals surface area contributed by atoms with Gasteiger partial charge in [-0.1, -0.05) is 38.1 Å². The number of ketones is 1. The van der Waals surface area contributed by atoms with Crippen molar-refractivity contribution in [2.75, 3.05) is 13.6 Å². The maximum Gasteiger partial charge on any atom is 0.137 e. The SMILES string of the molecule is Cc1ccccc1CN(C)CC1C(=O)CC(C)CC1C. The minimum absolute atomic E-state index is 0.222. The summed E-state index contributed by atoms with van der Waals surface area (Å²) in [6.07, 6.45) is 1.96. The van der Waals surface area contributed by atoms with Gasteiger partial charge in [-0.15, -0.1) is 0 Å². The molecule has 3 unspecified atom stereocenters. The fourth-order valence-electron chi connectivity index (χ4n) is 3.45. The van der Waals surface area contributed by atoms with E-state index in [2.05, 4.69) is 57.0 Å². The van der Waals surface area contributed by atoms with E-state index in [0.29, 0.717) is 17.6 Å². The van der Waals surface area contributed by atoms with E-state index in [1.807, 2.05) is 0 Å². The molecule has 0 bridgehead atoms. The van der Waals surface area contributed by atoms with Gasteiger partial charge < -0.3 is 4.90 Å². The zero-order valence-corrected chi connectivity index (χ0v) is 13.2. The van der Waals surface area contributed by atoms with Crippen LogP contribution in [0.2, 0.25) is 0 Å². The lowest BCUT2D eigenvalue weighted by Gasteiger charge is -2.34. The van der Waals surface area contributed by atoms with Crippen LogP contribution in [-0.2, 0) is 11.3 Å². The summed E-state index contributed by atoms with van der Waals surface area (Å²) in [4.78, 5) is 14.5. The molecule has 1 aromatic rings. The van der Waals surface area contributed by atoms with Crippen LogP contribution in [0.1, 0.15) is 37.8 Å². The lowest BCUT2D eigenvalue weighted by Crippen LogP contribution is -2.38. The Kier molecular flexibility index (Phi) is 4.98. The molecule has 0 aliphatic heterocycles. The second kappa shape index (κ2) is 6.53. The highest BCUT2D eigenvalue weighted by Crippen LogP contribution is 2.31. The molecule has 0 amide bonds. The smallest absolute Gasteiger partial charge is 0.137 e. The Labute approximate surface area is 123 Å². The Hall–Kier alpha value is -1.15. The third-order valence-corrected chi connectivity index (χ3v) is 4.63. The van der Waals surface area contributed by atoms with Gasteiger partial charge >= 0.3 is 0 Å². The molecular formula is C18H27NO. The van der Waals surface area contributed by atoms with Gasteiger partial charge in [0.25, 0.3) is 0 Å². The minimum atomic E-state index is 0.222. The maximum absolute atomic E-state index is 12.2. The summed E-state index contributed by atoms with van der Waals surface area (Å²) in [5.41, 5.74) is 2.69. The van der Waals surface area contributed by atoms with Crippen molar-refractivity contribution in [3.8, 4) is 0 Å². The molecule has 1 fully saturated rings. The number of carbonyl (C=O) groups excluding carboxylic acids is 1. The van der Waals surface area contributed by atoms with Gasteiger partial charge in [-0.25, -0.2) is 0 Å². The van der Waals surface area contributed by atoms with E-state index in [9.17, 15) is 4.79 Å². The molecule has 0 saturated heterocycles. The van der Waals surface area contributed by atoms with Crippen LogP contribution >= 0.6 is 0 Å². The standard InChI is InChI=1S/C18H27NO/c1-13-9-15(3)17(18(20)10-13)12-19(4)11-16-8-6-5-7-14(16)2/h5-8,13,15,17H,9-12H2,1-4H3. The lowest BCUT2D eigenvalue weighted by molar-refractivity contribution is -0.128. The third kappa shape index (κ3) is 3.69. The van der Waals surface area contributed by atoms with Crippen molar-refractivity contribution in [2.45, 2.75) is 40.2 Å². The van der Waals surface area contributed by atoms with Crippen LogP contribution in [0.3, 0.4) is 0 Å². The quantitative estimate of drug-likeness (QED) is 0.834. The molecular weight excluding hydrogens is 246 g/mol. The summed E-state index contributed by atoms with van der Waals surface area (Å²) in [5, 5.41) is 0. The van der Waals surface area contributed by atoms with E-state index in [-0.39, 0.29) is 5.92 Å². The molecule has 3 atom stereocenters. The molecule has 2 heteroatoms. The van der Waals surface area contributed by atoms with Crippen molar-refractivity contribution < 1.29 is 4.79 Å². The number of aryl methyl sites for hydroxylation is 1. The first kappa shape index (κ1) is 15.2. The second-order valence-electron chi connectivity index (χ2n) is 6.72. The number of nitrogens with zero attached hydrogens (tertiary/aromatic N) is 1. The fourth-order valence-corrected chi connectivity index (χ4v) is 3.45. The number of hydrogen-bond donors (Lipinski definition) is 0. The van der Waals surface area contributed by atoms with Gasteiger partial charge in [0.2, 0.25) is 0 Å². The number of rotatable bonds is 4. The Morgan fingerprint density at radius 3 is 2.60 bits per heavy atom. The largest absolute Gasteiger partial charge is 0.301 e. The predicted octanol–water partition coefficient (Wildman–Crippen LogP) is 3.68. The van der Waals surface area contributed by atoms with E-state index >= 15 is 0 Å². The van der Waals surface area contributed by atoms with Crippen LogP contribution in [0, 0.1) is 24.7 Å². The van der Waals surface area contributed by atoms with Crippen molar-refractivity contribution in [1.82, 2.24) is 4.90 Å². The van der Waals surface area contributed by atoms with Crippen molar-refractivity contribution in [2.24, 2.45) is 17.8 Å². The number of benzene rings is 1. The van der Waals surface area contributed by atoms with Gasteiger partial charge in [0.1, 0.15) is 5.78 Å². The summed E-state index contributed by atoms with van der Waals surface area (Å²) in [5.74, 6) is 1.77. The van der Waals surface area contributed by atoms with E-state index in [1.165, 1.54) is 17.5 Å². The molecule has 0 aromatic heterocycles. The molecule has 2 nitrogen and oxygen atoms in total. The highest BCUT2D eigenvalue weighted by atomic mass is 16.1. The molecule has 20 heavy (non-hydrogen) atoms. The highest BCUT2D eigenvalue weighted by Gasteiger charge is 2.32. The monoisotopic (exact) mass is 273 g/mol. The maximum atomic E-state index is 12.2. The van der Waals surface area contributed by atoms with Crippen LogP contribution in [0.4, 0.5) is 0 Å². The van der Waals surface area contributed by atoms with Gasteiger partial charge in [0, 0.05) is 25.4 Å². The summed E-state index contributed by atoms with van der Waals surface area (Å²) in [7, 11) is 2.13. The molecule has 1 aromatic carbocycles. The van der Waals surface area contributed by atoms with Crippen LogP contribution in [0.15, 0.2) is 24.3 Å². The molecule has 1 aliphatic rings. The molecule has 0 spiro atoms. The summed E-state index contributed by atoms with van der Waals surface area (Å²) in [6.45, 7) is 8.40. The Morgan fingerprint density at radius 1 is 1.25 bits per heavy atom. The zero-order chi connectivity index (χ0) is 14.7. The number of carbonyl (C=O) groups is 1. The predicted molar refractivity (Wildman–Crippen MR) is 83.6 cm³/mol. The van der Waals surface area contributed by atoms with Crippen LogP contribution in [0.25, 0.3) is 0 Å². The molecule has 1 aliphatic carbocycles. The Balaban J connectivity index is 1.96. The van der Waals surface area contributed by atoms with E-state index in [0.717, 1.165) is 19.5 Å². The number of Topliss-reactive ketones (excluding diaryl/α,β-unsaturated/α-hetero) is 1. The summed E-state index contributed by atoms with van der Waals surface area (Å²) in [6, 6.07) is 8.50. The lowest BCUT2D eigenvalue weighted by atomic mass is 9.74. The van der Waals surface area contributed by atoms with Gasteiger partial charge in [0.05, 0.1) is 0 Å². The molecule has 2 rings (SSSR count). The van der Waals surface area contributed by atoms with Crippen molar-refractivity contribution in [1.29, 1.82) is 0 Å². The normalized spacial score (nSPS) is 27.1. The van der Waals surface area contributed by atoms with E-state index < -0.39 is 0 Å². The van der Waals surface area contributed by atoms with E-state index in [4.69, 9.17) is 0 Å². The van der Waals surface area contributed by atoms with Gasteiger partial charge in [-0.05, 0) is 43.4 Å². The molecule has 0 N–H and O–H groups in total. The zero-order valence-electron chi connectivity index (χ0n) is 13.2. The fraction of sp³-hybridized carbons (Fsp3) is 0.611.